The Morgan fingerprint density at radius 3 is 2.28 bits per heavy atom. The van der Waals surface area contributed by atoms with Crippen molar-refractivity contribution in [2.75, 3.05) is 0 Å². The number of hydrogen-bond donors (Lipinski definition) is 0. The van der Waals surface area contributed by atoms with Crippen LogP contribution in [0.1, 0.15) is 25.0 Å². The summed E-state index contributed by atoms with van der Waals surface area (Å²) < 4.78 is 0. The van der Waals surface area contributed by atoms with Gasteiger partial charge in [0.1, 0.15) is 0 Å². The summed E-state index contributed by atoms with van der Waals surface area (Å²) in [6.07, 6.45) is 0. The van der Waals surface area contributed by atoms with E-state index in [0.29, 0.717) is 0 Å². The molecule has 1 aliphatic heterocycles. The van der Waals surface area contributed by atoms with E-state index in [2.05, 4.69) is 66.3 Å². The fourth-order valence-corrected chi connectivity index (χ4v) is 5.68. The average molecular weight is 415 g/mol. The second kappa shape index (κ2) is 7.01. The summed E-state index contributed by atoms with van der Waals surface area (Å²) in [5.74, 6) is 0. The lowest BCUT2D eigenvalue weighted by atomic mass is 9.77. The predicted molar refractivity (Wildman–Crippen MR) is 121 cm³/mol. The zero-order chi connectivity index (χ0) is 20.0. The van der Waals surface area contributed by atoms with Crippen molar-refractivity contribution in [1.29, 1.82) is 0 Å². The summed E-state index contributed by atoms with van der Waals surface area (Å²) in [6, 6.07) is 27.2. The Morgan fingerprint density at radius 1 is 0.759 bits per heavy atom. The zero-order valence-corrected chi connectivity index (χ0v) is 17.8. The standard InChI is InChI=1S/C25H19ClN2S/c1-25(2)18-12-6-7-14-22(18)29-23-17(11-8-13-19(23)25)21-15-20(27-24(26)28-21)16-9-4-3-5-10-16/h3-15H,1-2H3. The van der Waals surface area contributed by atoms with Crippen molar-refractivity contribution >= 4 is 23.4 Å². The van der Waals surface area contributed by atoms with Crippen molar-refractivity contribution in [2.45, 2.75) is 29.1 Å². The molecule has 3 aromatic carbocycles. The molecular weight excluding hydrogens is 396 g/mol. The van der Waals surface area contributed by atoms with Gasteiger partial charge < -0.3 is 0 Å². The van der Waals surface area contributed by atoms with Crippen molar-refractivity contribution in [3.8, 4) is 22.5 Å². The molecule has 4 heteroatoms. The minimum atomic E-state index is -0.0771. The number of fused-ring (bicyclic) bond motifs is 2. The number of halogens is 1. The highest BCUT2D eigenvalue weighted by atomic mass is 35.5. The van der Waals surface area contributed by atoms with Gasteiger partial charge in [0.15, 0.2) is 0 Å². The van der Waals surface area contributed by atoms with Gasteiger partial charge in [0.05, 0.1) is 11.4 Å². The second-order valence-corrected chi connectivity index (χ2v) is 9.07. The van der Waals surface area contributed by atoms with Crippen LogP contribution in [-0.2, 0) is 5.41 Å². The van der Waals surface area contributed by atoms with Gasteiger partial charge in [-0.1, -0.05) is 92.3 Å². The minimum absolute atomic E-state index is 0.0771. The van der Waals surface area contributed by atoms with Crippen LogP contribution >= 0.6 is 23.4 Å². The van der Waals surface area contributed by atoms with E-state index in [4.69, 9.17) is 11.6 Å². The van der Waals surface area contributed by atoms with Gasteiger partial charge in [-0.05, 0) is 34.9 Å². The van der Waals surface area contributed by atoms with Crippen LogP contribution in [0, 0.1) is 0 Å². The van der Waals surface area contributed by atoms with Gasteiger partial charge in [0, 0.05) is 26.3 Å². The number of nitrogens with zero attached hydrogens (tertiary/aromatic N) is 2. The molecule has 2 nitrogen and oxygen atoms in total. The molecule has 0 bridgehead atoms. The summed E-state index contributed by atoms with van der Waals surface area (Å²) in [5, 5.41) is 0.263. The number of rotatable bonds is 2. The summed E-state index contributed by atoms with van der Waals surface area (Å²) in [5.41, 5.74) is 6.40. The summed E-state index contributed by atoms with van der Waals surface area (Å²) in [7, 11) is 0. The maximum absolute atomic E-state index is 6.34. The van der Waals surface area contributed by atoms with Crippen LogP contribution in [0.2, 0.25) is 5.28 Å². The summed E-state index contributed by atoms with van der Waals surface area (Å²) >= 11 is 8.15. The minimum Gasteiger partial charge on any atom is -0.218 e. The Bertz CT molecular complexity index is 1220. The molecule has 29 heavy (non-hydrogen) atoms. The normalized spacial score (nSPS) is 14.2. The van der Waals surface area contributed by atoms with Gasteiger partial charge in [-0.15, -0.1) is 0 Å². The molecule has 2 heterocycles. The van der Waals surface area contributed by atoms with E-state index >= 15 is 0 Å². The third-order valence-corrected chi connectivity index (χ3v) is 6.89. The molecular formula is C25H19ClN2S. The van der Waals surface area contributed by atoms with Crippen molar-refractivity contribution in [2.24, 2.45) is 0 Å². The van der Waals surface area contributed by atoms with E-state index in [0.717, 1.165) is 22.5 Å². The maximum Gasteiger partial charge on any atom is 0.223 e. The summed E-state index contributed by atoms with van der Waals surface area (Å²) in [4.78, 5) is 11.6. The Balaban J connectivity index is 1.70. The van der Waals surface area contributed by atoms with Crippen LogP contribution in [0.25, 0.3) is 22.5 Å². The quantitative estimate of drug-likeness (QED) is 0.323. The predicted octanol–water partition coefficient (Wildman–Crippen LogP) is 7.25. The first-order valence-corrected chi connectivity index (χ1v) is 10.7. The van der Waals surface area contributed by atoms with E-state index in [1.165, 1.54) is 20.9 Å². The molecule has 0 saturated carbocycles. The van der Waals surface area contributed by atoms with Crippen LogP contribution in [-0.4, -0.2) is 9.97 Å². The van der Waals surface area contributed by atoms with Crippen LogP contribution in [0.15, 0.2) is 88.7 Å². The molecule has 0 fully saturated rings. The van der Waals surface area contributed by atoms with Crippen LogP contribution in [0.4, 0.5) is 0 Å². The second-order valence-electron chi connectivity index (χ2n) is 7.68. The van der Waals surface area contributed by atoms with Crippen molar-refractivity contribution in [3.05, 3.63) is 95.3 Å². The molecule has 0 atom stereocenters. The molecule has 0 saturated heterocycles. The molecule has 0 aliphatic carbocycles. The largest absolute Gasteiger partial charge is 0.223 e. The zero-order valence-electron chi connectivity index (χ0n) is 16.2. The van der Waals surface area contributed by atoms with Crippen LogP contribution in [0.5, 0.6) is 0 Å². The molecule has 0 radical (unpaired) electrons. The third kappa shape index (κ3) is 3.15. The topological polar surface area (TPSA) is 25.8 Å². The summed E-state index contributed by atoms with van der Waals surface area (Å²) in [6.45, 7) is 4.58. The molecule has 1 aliphatic rings. The fourth-order valence-electron chi connectivity index (χ4n) is 3.98. The van der Waals surface area contributed by atoms with Gasteiger partial charge in [-0.3, -0.25) is 0 Å². The van der Waals surface area contributed by atoms with Crippen LogP contribution in [0.3, 0.4) is 0 Å². The molecule has 0 N–H and O–H groups in total. The molecule has 1 aromatic heterocycles. The van der Waals surface area contributed by atoms with Crippen LogP contribution < -0.4 is 0 Å². The SMILES string of the molecule is CC1(C)c2ccccc2Sc2c(-c3cc(-c4ccccc4)nc(Cl)n3)cccc21. The lowest BCUT2D eigenvalue weighted by Gasteiger charge is -2.35. The molecule has 0 amide bonds. The first kappa shape index (κ1) is 18.4. The highest BCUT2D eigenvalue weighted by Crippen LogP contribution is 2.51. The first-order chi connectivity index (χ1) is 14.0. The third-order valence-electron chi connectivity index (χ3n) is 5.51. The van der Waals surface area contributed by atoms with E-state index in [1.807, 2.05) is 48.2 Å². The lowest BCUT2D eigenvalue weighted by Crippen LogP contribution is -2.24. The van der Waals surface area contributed by atoms with E-state index in [-0.39, 0.29) is 10.7 Å². The Morgan fingerprint density at radius 2 is 1.45 bits per heavy atom. The highest BCUT2D eigenvalue weighted by Gasteiger charge is 2.34. The molecule has 4 aromatic rings. The van der Waals surface area contributed by atoms with Gasteiger partial charge in [-0.2, -0.15) is 0 Å². The first-order valence-electron chi connectivity index (χ1n) is 9.55. The number of benzene rings is 3. The monoisotopic (exact) mass is 414 g/mol. The van der Waals surface area contributed by atoms with Crippen molar-refractivity contribution < 1.29 is 0 Å². The Kier molecular flexibility index (Phi) is 4.45. The van der Waals surface area contributed by atoms with E-state index in [1.54, 1.807) is 0 Å². The van der Waals surface area contributed by atoms with E-state index in [9.17, 15) is 0 Å². The Hall–Kier alpha value is -2.62. The maximum atomic E-state index is 6.34. The van der Waals surface area contributed by atoms with Gasteiger partial charge in [0.25, 0.3) is 0 Å². The molecule has 5 rings (SSSR count). The Labute approximate surface area is 180 Å². The lowest BCUT2D eigenvalue weighted by molar-refractivity contribution is 0.608. The molecule has 0 unspecified atom stereocenters. The van der Waals surface area contributed by atoms with Gasteiger partial charge in [0.2, 0.25) is 5.28 Å². The smallest absolute Gasteiger partial charge is 0.218 e. The molecule has 0 spiro atoms. The number of hydrogen-bond acceptors (Lipinski definition) is 3. The highest BCUT2D eigenvalue weighted by molar-refractivity contribution is 7.99. The van der Waals surface area contributed by atoms with Gasteiger partial charge >= 0.3 is 0 Å². The van der Waals surface area contributed by atoms with Gasteiger partial charge in [-0.25, -0.2) is 9.97 Å². The molecule has 142 valence electrons. The van der Waals surface area contributed by atoms with Crippen molar-refractivity contribution in [1.82, 2.24) is 9.97 Å². The van der Waals surface area contributed by atoms with Crippen molar-refractivity contribution in [3.63, 3.8) is 0 Å². The van der Waals surface area contributed by atoms with E-state index < -0.39 is 0 Å². The number of aromatic nitrogens is 2. The fraction of sp³-hybridized carbons (Fsp3) is 0.120. The average Bonchev–Trinajstić information content (AvgIpc) is 2.74.